The molecule has 0 spiro atoms. The highest BCUT2D eigenvalue weighted by Crippen LogP contribution is 2.28. The van der Waals surface area contributed by atoms with Gasteiger partial charge in [-0.3, -0.25) is 9.59 Å². The zero-order valence-corrected chi connectivity index (χ0v) is 16.2. The van der Waals surface area contributed by atoms with Crippen LogP contribution in [0.25, 0.3) is 0 Å². The van der Waals surface area contributed by atoms with Crippen LogP contribution in [-0.2, 0) is 9.59 Å². The topological polar surface area (TPSA) is 78.4 Å². The van der Waals surface area contributed by atoms with Crippen LogP contribution in [0.2, 0.25) is 0 Å². The van der Waals surface area contributed by atoms with E-state index in [1.807, 2.05) is 4.90 Å². The molecule has 7 nitrogen and oxygen atoms in total. The summed E-state index contributed by atoms with van der Waals surface area (Å²) < 4.78 is 0.791. The first-order valence-electron chi connectivity index (χ1n) is 7.39. The van der Waals surface area contributed by atoms with Gasteiger partial charge in [-0.15, -0.1) is 10.2 Å². The van der Waals surface area contributed by atoms with E-state index >= 15 is 0 Å². The van der Waals surface area contributed by atoms with Crippen molar-refractivity contribution >= 4 is 56.0 Å². The summed E-state index contributed by atoms with van der Waals surface area (Å²) in [5, 5.41) is 12.6. The lowest BCUT2D eigenvalue weighted by molar-refractivity contribution is -0.131. The Morgan fingerprint density at radius 2 is 2.04 bits per heavy atom. The van der Waals surface area contributed by atoms with Crippen molar-refractivity contribution in [3.63, 3.8) is 0 Å². The fourth-order valence-electron chi connectivity index (χ4n) is 2.11. The lowest BCUT2D eigenvalue weighted by atomic mass is 10.2. The molecule has 0 radical (unpaired) electrons. The number of carbonyl (C=O) groups excluding carboxylic acids is 2. The van der Waals surface area contributed by atoms with Gasteiger partial charge >= 0.3 is 0 Å². The number of anilines is 1. The number of aromatic nitrogens is 2. The van der Waals surface area contributed by atoms with Crippen molar-refractivity contribution in [2.24, 2.45) is 0 Å². The molecule has 1 saturated heterocycles. The molecule has 0 atom stereocenters. The molecule has 1 aliphatic rings. The Hall–Kier alpha value is -0.870. The number of hydrogen-bond donors (Lipinski definition) is 1. The molecular weight excluding hydrogens is 402 g/mol. The van der Waals surface area contributed by atoms with Gasteiger partial charge in [0.05, 0.1) is 5.75 Å². The molecule has 1 fully saturated rings. The number of carbonyl (C=O) groups is 2. The quantitative estimate of drug-likeness (QED) is 0.526. The molecule has 2 heterocycles. The summed E-state index contributed by atoms with van der Waals surface area (Å²) >= 11 is 6.23. The summed E-state index contributed by atoms with van der Waals surface area (Å²) in [6.07, 6.45) is 1.48. The zero-order valence-electron chi connectivity index (χ0n) is 13.0. The summed E-state index contributed by atoms with van der Waals surface area (Å²) in [5.41, 5.74) is 0. The number of amides is 2. The van der Waals surface area contributed by atoms with Crippen LogP contribution in [0.15, 0.2) is 4.34 Å². The minimum atomic E-state index is -0.0256. The molecule has 1 N–H and O–H groups in total. The van der Waals surface area contributed by atoms with Crippen LogP contribution in [0.1, 0.15) is 12.8 Å². The van der Waals surface area contributed by atoms with Crippen molar-refractivity contribution in [1.29, 1.82) is 0 Å². The van der Waals surface area contributed by atoms with Crippen molar-refractivity contribution in [3.05, 3.63) is 0 Å². The number of alkyl halides is 1. The van der Waals surface area contributed by atoms with Gasteiger partial charge in [0.25, 0.3) is 0 Å². The summed E-state index contributed by atoms with van der Waals surface area (Å²) in [7, 11) is 1.62. The second kappa shape index (κ2) is 9.43. The van der Waals surface area contributed by atoms with Crippen LogP contribution in [-0.4, -0.2) is 71.2 Å². The van der Waals surface area contributed by atoms with Crippen molar-refractivity contribution in [1.82, 2.24) is 20.4 Å². The molecule has 1 aromatic rings. The van der Waals surface area contributed by atoms with E-state index in [4.69, 9.17) is 0 Å². The van der Waals surface area contributed by atoms with Gasteiger partial charge in [0.1, 0.15) is 0 Å². The highest BCUT2D eigenvalue weighted by atomic mass is 79.9. The van der Waals surface area contributed by atoms with E-state index in [1.54, 1.807) is 7.05 Å². The van der Waals surface area contributed by atoms with Crippen molar-refractivity contribution in [2.45, 2.75) is 17.2 Å². The maximum Gasteiger partial charge on any atom is 0.230 e. The number of hydrogen-bond acceptors (Lipinski definition) is 7. The Kier molecular flexibility index (Phi) is 7.57. The smallest absolute Gasteiger partial charge is 0.230 e. The lowest BCUT2D eigenvalue weighted by Crippen LogP contribution is -2.48. The van der Waals surface area contributed by atoms with Gasteiger partial charge in [0.2, 0.25) is 16.9 Å². The Labute approximate surface area is 152 Å². The number of thioether (sulfide) groups is 1. The molecule has 1 aromatic heterocycles. The van der Waals surface area contributed by atoms with Crippen molar-refractivity contribution < 1.29 is 9.59 Å². The van der Waals surface area contributed by atoms with Gasteiger partial charge in [-0.05, 0) is 6.42 Å². The number of rotatable bonds is 7. The van der Waals surface area contributed by atoms with E-state index in [-0.39, 0.29) is 11.8 Å². The third-order valence-electron chi connectivity index (χ3n) is 3.43. The predicted octanol–water partition coefficient (Wildman–Crippen LogP) is 1.20. The molecule has 0 aliphatic carbocycles. The first kappa shape index (κ1) is 18.5. The average molecular weight is 422 g/mol. The standard InChI is InChI=1S/C13H20BrN5O2S2/c1-15-10(20)9-22-13-17-16-12(23-13)19-7-5-18(6-8-19)11(21)3-2-4-14/h2-9H2,1H3,(H,15,20). The van der Waals surface area contributed by atoms with Crippen molar-refractivity contribution in [3.8, 4) is 0 Å². The van der Waals surface area contributed by atoms with Gasteiger partial charge in [-0.2, -0.15) is 0 Å². The Bertz CT molecular complexity index is 534. The van der Waals surface area contributed by atoms with Crippen LogP contribution in [0, 0.1) is 0 Å². The number of piperazine rings is 1. The van der Waals surface area contributed by atoms with Gasteiger partial charge in [0.15, 0.2) is 4.34 Å². The van der Waals surface area contributed by atoms with E-state index in [0.29, 0.717) is 12.2 Å². The van der Waals surface area contributed by atoms with Gasteiger partial charge in [0, 0.05) is 45.0 Å². The van der Waals surface area contributed by atoms with Gasteiger partial charge in [-0.25, -0.2) is 0 Å². The Balaban J connectivity index is 1.80. The second-order valence-electron chi connectivity index (χ2n) is 4.97. The van der Waals surface area contributed by atoms with Crippen LogP contribution in [0.4, 0.5) is 5.13 Å². The first-order valence-corrected chi connectivity index (χ1v) is 10.3. The summed E-state index contributed by atoms with van der Waals surface area (Å²) in [4.78, 5) is 27.3. The minimum absolute atomic E-state index is 0.0256. The summed E-state index contributed by atoms with van der Waals surface area (Å²) in [5.74, 6) is 0.548. The van der Waals surface area contributed by atoms with E-state index in [0.717, 1.165) is 47.4 Å². The molecule has 128 valence electrons. The Morgan fingerprint density at radius 3 is 2.70 bits per heavy atom. The number of nitrogens with one attached hydrogen (secondary N) is 1. The third kappa shape index (κ3) is 5.61. The first-order chi connectivity index (χ1) is 11.1. The third-order valence-corrected chi connectivity index (χ3v) is 6.11. The molecule has 0 aromatic carbocycles. The molecule has 0 bridgehead atoms. The molecule has 0 unspecified atom stereocenters. The van der Waals surface area contributed by atoms with Gasteiger partial charge in [-0.1, -0.05) is 39.0 Å². The molecule has 23 heavy (non-hydrogen) atoms. The SMILES string of the molecule is CNC(=O)CSc1nnc(N2CCN(C(=O)CCCBr)CC2)s1. The predicted molar refractivity (Wildman–Crippen MR) is 96.5 cm³/mol. The number of nitrogens with zero attached hydrogens (tertiary/aromatic N) is 4. The fourth-order valence-corrected chi connectivity index (χ4v) is 4.16. The van der Waals surface area contributed by atoms with E-state index in [1.165, 1.54) is 23.1 Å². The van der Waals surface area contributed by atoms with E-state index in [2.05, 4.69) is 36.3 Å². The molecule has 2 rings (SSSR count). The second-order valence-corrected chi connectivity index (χ2v) is 7.94. The van der Waals surface area contributed by atoms with Crippen molar-refractivity contribution in [2.75, 3.05) is 49.2 Å². The molecular formula is C13H20BrN5O2S2. The van der Waals surface area contributed by atoms with Crippen LogP contribution < -0.4 is 10.2 Å². The van der Waals surface area contributed by atoms with Gasteiger partial charge < -0.3 is 15.1 Å². The highest BCUT2D eigenvalue weighted by molar-refractivity contribution is 9.09. The lowest BCUT2D eigenvalue weighted by Gasteiger charge is -2.34. The van der Waals surface area contributed by atoms with E-state index in [9.17, 15) is 9.59 Å². The summed E-state index contributed by atoms with van der Waals surface area (Å²) in [6.45, 7) is 2.99. The molecule has 2 amide bonds. The largest absolute Gasteiger partial charge is 0.358 e. The molecule has 0 saturated carbocycles. The van der Waals surface area contributed by atoms with Crippen LogP contribution in [0.5, 0.6) is 0 Å². The molecule has 1 aliphatic heterocycles. The highest BCUT2D eigenvalue weighted by Gasteiger charge is 2.23. The summed E-state index contributed by atoms with van der Waals surface area (Å²) in [6, 6.07) is 0. The number of halogens is 1. The van der Waals surface area contributed by atoms with Crippen LogP contribution >= 0.6 is 39.0 Å². The molecule has 10 heteroatoms. The van der Waals surface area contributed by atoms with E-state index < -0.39 is 0 Å². The minimum Gasteiger partial charge on any atom is -0.358 e. The maximum atomic E-state index is 12.0. The fraction of sp³-hybridized carbons (Fsp3) is 0.692. The normalized spacial score (nSPS) is 14.9. The average Bonchev–Trinajstić information content (AvgIpc) is 3.06. The van der Waals surface area contributed by atoms with Crippen LogP contribution in [0.3, 0.4) is 0 Å². The Morgan fingerprint density at radius 1 is 1.30 bits per heavy atom. The zero-order chi connectivity index (χ0) is 16.7. The maximum absolute atomic E-state index is 12.0. The monoisotopic (exact) mass is 421 g/mol.